The minimum absolute atomic E-state index is 0. The van der Waals surface area contributed by atoms with E-state index in [2.05, 4.69) is 91.8 Å². The van der Waals surface area contributed by atoms with E-state index >= 15 is 0 Å². The minimum Gasteiger partial charge on any atom is -0.479 e. The fraction of sp³-hybridized carbons (Fsp3) is 0.288. The topological polar surface area (TPSA) is 56.1 Å². The third kappa shape index (κ3) is 11.1. The molecule has 1 aromatic heterocycles. The zero-order valence-electron chi connectivity index (χ0n) is 41.2. The third-order valence-corrected chi connectivity index (χ3v) is 12.1. The summed E-state index contributed by atoms with van der Waals surface area (Å²) in [5.74, 6) is -42.8. The van der Waals surface area contributed by atoms with Crippen molar-refractivity contribution >= 4 is 45.7 Å². The zero-order chi connectivity index (χ0) is 54.9. The Morgan fingerprint density at radius 1 is 0.378 bits per heavy atom. The molecule has 0 amide bonds. The summed E-state index contributed by atoms with van der Waals surface area (Å²) in [6.45, 7) is 17.3. The molecule has 0 fully saturated rings. The largest absolute Gasteiger partial charge is 0.479 e. The van der Waals surface area contributed by atoms with Gasteiger partial charge < -0.3 is 9.47 Å². The van der Waals surface area contributed by atoms with E-state index in [4.69, 9.17) is 24.4 Å². The molecule has 5 nitrogen and oxygen atoms in total. The van der Waals surface area contributed by atoms with Gasteiger partial charge in [0.25, 0.3) is 0 Å². The molecule has 0 aliphatic rings. The number of methoxy groups -OCH3 is 2. The van der Waals surface area contributed by atoms with Crippen molar-refractivity contribution in [3.63, 3.8) is 0 Å². The second-order valence-corrected chi connectivity index (χ2v) is 18.1. The van der Waals surface area contributed by atoms with Gasteiger partial charge in [0.05, 0.1) is 25.6 Å². The van der Waals surface area contributed by atoms with E-state index < -0.39 is 110 Å². The van der Waals surface area contributed by atoms with E-state index in [0.717, 1.165) is 11.4 Å². The van der Waals surface area contributed by atoms with Crippen molar-refractivity contribution in [2.45, 2.75) is 85.9 Å². The van der Waals surface area contributed by atoms with E-state index in [-0.39, 0.29) is 23.6 Å². The van der Waals surface area contributed by atoms with Gasteiger partial charge in [-0.25, -0.2) is 80.8 Å². The average Bonchev–Trinajstić information content (AvgIpc) is 3.35. The van der Waals surface area contributed by atoms with Gasteiger partial charge in [-0.15, -0.1) is 16.4 Å². The first kappa shape index (κ1) is 60.3. The Balaban J connectivity index is 0.000000317. The van der Waals surface area contributed by atoms with Crippen LogP contribution in [0.15, 0.2) is 64.6 Å². The molecule has 5 aromatic carbocycles. The number of rotatable bonds is 11. The molecule has 6 rings (SSSR count). The minimum atomic E-state index is -5.41. The molecule has 1 radical (unpaired) electrons. The Hall–Kier alpha value is -6.29. The summed E-state index contributed by atoms with van der Waals surface area (Å²) in [5.41, 5.74) is 0.0198. The van der Waals surface area contributed by atoms with Crippen LogP contribution in [0.25, 0.3) is 0 Å². The SMILES string of the molecule is COC(=Nc1c(C(C)C)cccc1C(C)C)c1cccc(C(=Nc2c(C(C)C)cccc2C(C)C)OC)n1.C[B-](c1c(F)c(F)c(F)c(F)c1F)(c1c(F)c(F)c(F)c(F)c1F)c1c(F)c(F)c(F)c(F)c1F.[Co]. The molecular formula is C52H46BCoF15N3O2-. The van der Waals surface area contributed by atoms with Gasteiger partial charge in [-0.2, -0.15) is 6.82 Å². The quantitative estimate of drug-likeness (QED) is 0.0324. The molecule has 0 aliphatic carbocycles. The number of hydrogen-bond acceptors (Lipinski definition) is 5. The van der Waals surface area contributed by atoms with Gasteiger partial charge in [-0.1, -0.05) is 97.9 Å². The molecule has 399 valence electrons. The van der Waals surface area contributed by atoms with Gasteiger partial charge >= 0.3 is 0 Å². The first-order chi connectivity index (χ1) is 34.1. The van der Waals surface area contributed by atoms with Gasteiger partial charge in [0.1, 0.15) is 52.4 Å². The number of pyridine rings is 1. The van der Waals surface area contributed by atoms with Crippen LogP contribution in [0, 0.1) is 87.3 Å². The van der Waals surface area contributed by atoms with Crippen LogP contribution in [-0.2, 0) is 26.3 Å². The molecule has 1 heterocycles. The summed E-state index contributed by atoms with van der Waals surface area (Å²) >= 11 is 0. The maximum Gasteiger partial charge on any atom is 0.240 e. The molecule has 0 unspecified atom stereocenters. The van der Waals surface area contributed by atoms with Crippen LogP contribution < -0.4 is 16.4 Å². The number of ether oxygens (including phenoxy) is 2. The van der Waals surface area contributed by atoms with Crippen LogP contribution in [-0.4, -0.2) is 37.1 Å². The number of nitrogens with zero attached hydrogens (tertiary/aromatic N) is 3. The number of halogens is 15. The fourth-order valence-corrected chi connectivity index (χ4v) is 8.39. The van der Waals surface area contributed by atoms with Gasteiger partial charge in [0, 0.05) is 16.8 Å². The van der Waals surface area contributed by atoms with Crippen LogP contribution in [0.4, 0.5) is 77.2 Å². The van der Waals surface area contributed by atoms with Crippen LogP contribution in [0.5, 0.6) is 0 Å². The average molecular weight is 1100 g/mol. The maximum atomic E-state index is 14.6. The van der Waals surface area contributed by atoms with Crippen LogP contribution >= 0.6 is 0 Å². The molecular weight excluding hydrogens is 1050 g/mol. The van der Waals surface area contributed by atoms with Crippen LogP contribution in [0.3, 0.4) is 0 Å². The number of hydrogen-bond donors (Lipinski definition) is 0. The molecule has 0 spiro atoms. The van der Waals surface area contributed by atoms with E-state index in [1.54, 1.807) is 14.2 Å². The Kier molecular flexibility index (Phi) is 19.5. The molecule has 0 N–H and O–H groups in total. The molecule has 74 heavy (non-hydrogen) atoms. The van der Waals surface area contributed by atoms with Crippen molar-refractivity contribution in [2.24, 2.45) is 9.98 Å². The molecule has 0 bridgehead atoms. The third-order valence-electron chi connectivity index (χ3n) is 12.1. The van der Waals surface area contributed by atoms with Crippen molar-refractivity contribution < 1.29 is 92.1 Å². The van der Waals surface area contributed by atoms with Crippen molar-refractivity contribution in [2.75, 3.05) is 14.2 Å². The Bertz CT molecular complexity index is 2760. The molecule has 6 aromatic rings. The Labute approximate surface area is 427 Å². The summed E-state index contributed by atoms with van der Waals surface area (Å²) in [7, 11) is 3.28. The van der Waals surface area contributed by atoms with Gasteiger partial charge in [-0.3, -0.25) is 0 Å². The monoisotopic (exact) mass is 1100 g/mol. The van der Waals surface area contributed by atoms with Gasteiger partial charge in [0.15, 0.2) is 52.4 Å². The van der Waals surface area contributed by atoms with Gasteiger partial charge in [0.2, 0.25) is 11.8 Å². The van der Waals surface area contributed by atoms with Crippen molar-refractivity contribution in [3.05, 3.63) is 175 Å². The first-order valence-corrected chi connectivity index (χ1v) is 22.4. The second kappa shape index (κ2) is 23.9. The van der Waals surface area contributed by atoms with Crippen LogP contribution in [0.2, 0.25) is 6.82 Å². The van der Waals surface area contributed by atoms with Crippen molar-refractivity contribution in [1.29, 1.82) is 0 Å². The Morgan fingerprint density at radius 2 is 0.581 bits per heavy atom. The summed E-state index contributed by atoms with van der Waals surface area (Å²) < 4.78 is 223. The van der Waals surface area contributed by atoms with Gasteiger partial charge in [-0.05, 0) is 58.1 Å². The second-order valence-electron chi connectivity index (χ2n) is 18.1. The number of aliphatic imine (C=N–C) groups is 2. The molecule has 0 aliphatic heterocycles. The molecule has 0 saturated heterocycles. The predicted octanol–water partition coefficient (Wildman–Crippen LogP) is 13.9. The molecule has 0 saturated carbocycles. The van der Waals surface area contributed by atoms with Crippen LogP contribution in [0.1, 0.15) is 113 Å². The van der Waals surface area contributed by atoms with E-state index in [1.807, 2.05) is 18.2 Å². The molecule has 0 atom stereocenters. The zero-order valence-corrected chi connectivity index (χ0v) is 42.3. The molecule has 22 heteroatoms. The Morgan fingerprint density at radius 3 is 0.784 bits per heavy atom. The fourth-order valence-electron chi connectivity index (χ4n) is 8.39. The van der Waals surface area contributed by atoms with E-state index in [0.29, 0.717) is 46.9 Å². The van der Waals surface area contributed by atoms with Crippen molar-refractivity contribution in [1.82, 2.24) is 4.98 Å². The normalized spacial score (nSPS) is 12.2. The summed E-state index contributed by atoms with van der Waals surface area (Å²) in [6.07, 6.45) is -5.41. The van der Waals surface area contributed by atoms with E-state index in [9.17, 15) is 65.9 Å². The first-order valence-electron chi connectivity index (χ1n) is 22.4. The predicted molar refractivity (Wildman–Crippen MR) is 249 cm³/mol. The standard InChI is InChI=1S/C33H43N3O2.C19H3BF15.Co/c1-20(2)24-14-11-15-25(21(3)4)30(24)35-32(37-9)28-18-13-19-29(34-28)33(38-10)36-31-26(22(5)6)16-12-17-27(31)23(7)8;1-20(2-5(21)11(27)17(33)12(28)6(2)22,3-7(23)13(29)18(34)14(30)8(3)24)4-9(25)15(31)19(35)16(32)10(4)26;/h11-23H,1-10H3;1H3;/q;-1;. The summed E-state index contributed by atoms with van der Waals surface area (Å²) in [5, 5.41) is 0. The van der Waals surface area contributed by atoms with E-state index in [1.165, 1.54) is 22.3 Å². The van der Waals surface area contributed by atoms with Crippen molar-refractivity contribution in [3.8, 4) is 0 Å². The number of para-hydroxylation sites is 2. The smallest absolute Gasteiger partial charge is 0.240 e. The maximum absolute atomic E-state index is 14.6. The summed E-state index contributed by atoms with van der Waals surface area (Å²) in [4.78, 5) is 14.9. The summed E-state index contributed by atoms with van der Waals surface area (Å²) in [6, 6.07) is 18.5. The number of benzene rings is 5. The number of aromatic nitrogens is 1.